The second kappa shape index (κ2) is 6.25. The van der Waals surface area contributed by atoms with E-state index in [1.807, 2.05) is 47.9 Å². The smallest absolute Gasteiger partial charge is 0.267 e. The maximum Gasteiger partial charge on any atom is 0.267 e. The van der Waals surface area contributed by atoms with Crippen LogP contribution in [0.5, 0.6) is 0 Å². The number of rotatable bonds is 4. The van der Waals surface area contributed by atoms with Crippen LogP contribution >= 0.6 is 0 Å². The van der Waals surface area contributed by atoms with E-state index in [0.717, 1.165) is 28.1 Å². The normalized spacial score (nSPS) is 19.2. The number of imidazole rings is 1. The maximum atomic E-state index is 12.5. The first-order chi connectivity index (χ1) is 12.6. The Bertz CT molecular complexity index is 1010. The molecule has 1 atom stereocenters. The Morgan fingerprint density at radius 1 is 1.27 bits per heavy atom. The largest absolute Gasteiger partial charge is 0.379 e. The van der Waals surface area contributed by atoms with Crippen molar-refractivity contribution in [3.05, 3.63) is 54.5 Å². The summed E-state index contributed by atoms with van der Waals surface area (Å²) < 4.78 is 1.93. The van der Waals surface area contributed by atoms with Gasteiger partial charge in [-0.2, -0.15) is 0 Å². The quantitative estimate of drug-likeness (QED) is 0.785. The lowest BCUT2D eigenvalue weighted by Gasteiger charge is -2.20. The fraction of sp³-hybridized carbons (Fsp3) is 0.263. The van der Waals surface area contributed by atoms with Crippen molar-refractivity contribution in [1.82, 2.24) is 19.9 Å². The van der Waals surface area contributed by atoms with Gasteiger partial charge in [-0.25, -0.2) is 9.97 Å². The number of carbonyl (C=O) groups excluding carboxylic acids is 1. The predicted molar refractivity (Wildman–Crippen MR) is 97.9 cm³/mol. The molecule has 2 aromatic heterocycles. The third-order valence-corrected chi connectivity index (χ3v) is 4.47. The molecule has 1 aliphatic rings. The molecule has 7 heteroatoms. The van der Waals surface area contributed by atoms with E-state index >= 15 is 0 Å². The van der Waals surface area contributed by atoms with Crippen LogP contribution in [0, 0.1) is 0 Å². The van der Waals surface area contributed by atoms with Gasteiger partial charge in [0.15, 0.2) is 0 Å². The monoisotopic (exact) mass is 349 g/mol. The second-order valence-corrected chi connectivity index (χ2v) is 6.60. The zero-order valence-electron chi connectivity index (χ0n) is 14.6. The van der Waals surface area contributed by atoms with Crippen LogP contribution in [0.15, 0.2) is 54.1 Å². The second-order valence-electron chi connectivity index (χ2n) is 6.60. The number of oxime groups is 1. The Hall–Kier alpha value is -3.22. The number of aromatic nitrogens is 3. The Labute approximate surface area is 150 Å². The summed E-state index contributed by atoms with van der Waals surface area (Å²) in [5.41, 5.74) is 2.62. The number of nitrogens with one attached hydrogen (secondary N) is 1. The number of carbonyl (C=O) groups is 1. The zero-order valence-corrected chi connectivity index (χ0v) is 14.6. The van der Waals surface area contributed by atoms with E-state index in [1.54, 1.807) is 19.4 Å². The minimum absolute atomic E-state index is 0.191. The minimum Gasteiger partial charge on any atom is -0.379 e. The van der Waals surface area contributed by atoms with Gasteiger partial charge in [0.1, 0.15) is 12.1 Å². The molecule has 0 saturated carbocycles. The van der Waals surface area contributed by atoms with Crippen LogP contribution in [0.1, 0.15) is 25.8 Å². The van der Waals surface area contributed by atoms with Gasteiger partial charge >= 0.3 is 0 Å². The van der Waals surface area contributed by atoms with Crippen LogP contribution in [-0.2, 0) is 16.2 Å². The van der Waals surface area contributed by atoms with Crippen molar-refractivity contribution in [3.63, 3.8) is 0 Å². The van der Waals surface area contributed by atoms with Gasteiger partial charge in [0.25, 0.3) is 5.91 Å². The topological polar surface area (TPSA) is 81.4 Å². The third-order valence-electron chi connectivity index (χ3n) is 4.47. The Morgan fingerprint density at radius 3 is 2.92 bits per heavy atom. The van der Waals surface area contributed by atoms with Crippen LogP contribution in [0.4, 0.5) is 0 Å². The lowest BCUT2D eigenvalue weighted by Crippen LogP contribution is -2.44. The van der Waals surface area contributed by atoms with Crippen LogP contribution in [0.2, 0.25) is 0 Å². The zero-order chi connectivity index (χ0) is 18.1. The molecule has 26 heavy (non-hydrogen) atoms. The van der Waals surface area contributed by atoms with Gasteiger partial charge in [0, 0.05) is 24.7 Å². The van der Waals surface area contributed by atoms with Crippen LogP contribution in [0.3, 0.4) is 0 Å². The van der Waals surface area contributed by atoms with E-state index in [-0.39, 0.29) is 5.91 Å². The molecule has 7 nitrogen and oxygen atoms in total. The summed E-state index contributed by atoms with van der Waals surface area (Å²) in [5, 5.41) is 6.83. The molecule has 1 aromatic carbocycles. The number of benzene rings is 1. The number of pyridine rings is 1. The lowest BCUT2D eigenvalue weighted by atomic mass is 9.99. The van der Waals surface area contributed by atoms with E-state index in [4.69, 9.17) is 4.84 Å². The third kappa shape index (κ3) is 2.81. The van der Waals surface area contributed by atoms with Crippen LogP contribution in [0.25, 0.3) is 16.9 Å². The van der Waals surface area contributed by atoms with Crippen molar-refractivity contribution in [3.8, 4) is 5.82 Å². The summed E-state index contributed by atoms with van der Waals surface area (Å²) in [7, 11) is 0. The highest BCUT2D eigenvalue weighted by molar-refractivity contribution is 5.94. The molecular weight excluding hydrogens is 330 g/mol. The van der Waals surface area contributed by atoms with E-state index < -0.39 is 5.60 Å². The van der Waals surface area contributed by atoms with Crippen molar-refractivity contribution >= 4 is 22.7 Å². The molecule has 132 valence electrons. The van der Waals surface area contributed by atoms with Crippen molar-refractivity contribution in [2.24, 2.45) is 5.16 Å². The summed E-state index contributed by atoms with van der Waals surface area (Å²) in [6, 6.07) is 11.7. The number of hydrogen-bond acceptors (Lipinski definition) is 5. The maximum absolute atomic E-state index is 12.5. The number of fused-ring (bicyclic) bond motifs is 1. The van der Waals surface area contributed by atoms with E-state index in [1.165, 1.54) is 0 Å². The van der Waals surface area contributed by atoms with Gasteiger partial charge < -0.3 is 10.2 Å². The molecule has 0 spiro atoms. The summed E-state index contributed by atoms with van der Waals surface area (Å²) in [4.78, 5) is 26.8. The van der Waals surface area contributed by atoms with Gasteiger partial charge in [-0.05, 0) is 32.0 Å². The Kier molecular flexibility index (Phi) is 3.91. The molecule has 0 bridgehead atoms. The molecule has 0 saturated heterocycles. The molecular formula is C19H19N5O2. The van der Waals surface area contributed by atoms with Gasteiger partial charge in [0.2, 0.25) is 5.60 Å². The molecule has 1 amide bonds. The summed E-state index contributed by atoms with van der Waals surface area (Å²) >= 11 is 0. The molecule has 3 heterocycles. The standard InChI is InChI=1S/C19H19N5O2/c1-13-10-19(2,26-23-13)18(25)21-11-14-6-5-9-20-17(14)24-12-22-15-7-3-4-8-16(15)24/h3-9,12H,10-11H2,1-2H3,(H,21,25)/t19-/m1/s1. The van der Waals surface area contributed by atoms with Crippen LogP contribution < -0.4 is 5.32 Å². The highest BCUT2D eigenvalue weighted by Gasteiger charge is 2.40. The number of hydrogen-bond donors (Lipinski definition) is 1. The van der Waals surface area contributed by atoms with E-state index in [0.29, 0.717) is 13.0 Å². The average Bonchev–Trinajstić information content (AvgIpc) is 3.24. The minimum atomic E-state index is -0.950. The fourth-order valence-corrected chi connectivity index (χ4v) is 3.13. The molecule has 3 aromatic rings. The molecule has 0 unspecified atom stereocenters. The molecule has 1 aliphatic heterocycles. The van der Waals surface area contributed by atoms with Gasteiger partial charge in [-0.1, -0.05) is 23.4 Å². The highest BCUT2D eigenvalue weighted by Crippen LogP contribution is 2.24. The van der Waals surface area contributed by atoms with E-state index in [9.17, 15) is 4.79 Å². The average molecular weight is 349 g/mol. The highest BCUT2D eigenvalue weighted by atomic mass is 16.7. The molecule has 0 radical (unpaired) electrons. The first-order valence-electron chi connectivity index (χ1n) is 8.43. The molecule has 0 aliphatic carbocycles. The van der Waals surface area contributed by atoms with Crippen molar-refractivity contribution < 1.29 is 9.63 Å². The molecule has 1 N–H and O–H groups in total. The number of amides is 1. The fourth-order valence-electron chi connectivity index (χ4n) is 3.13. The van der Waals surface area contributed by atoms with Gasteiger partial charge in [-0.3, -0.25) is 9.36 Å². The lowest BCUT2D eigenvalue weighted by molar-refractivity contribution is -0.141. The Morgan fingerprint density at radius 2 is 2.12 bits per heavy atom. The summed E-state index contributed by atoms with van der Waals surface area (Å²) in [5.74, 6) is 0.551. The Balaban J connectivity index is 1.58. The van der Waals surface area contributed by atoms with Gasteiger partial charge in [0.05, 0.1) is 16.7 Å². The molecule has 0 fully saturated rings. The van der Waals surface area contributed by atoms with Crippen LogP contribution in [-0.4, -0.2) is 31.8 Å². The van der Waals surface area contributed by atoms with Crippen molar-refractivity contribution in [2.75, 3.05) is 0 Å². The summed E-state index contributed by atoms with van der Waals surface area (Å²) in [6.07, 6.45) is 3.97. The predicted octanol–water partition coefficient (Wildman–Crippen LogP) is 2.59. The van der Waals surface area contributed by atoms with Gasteiger partial charge in [-0.15, -0.1) is 0 Å². The first-order valence-corrected chi connectivity index (χ1v) is 8.43. The van der Waals surface area contributed by atoms with Crippen molar-refractivity contribution in [1.29, 1.82) is 0 Å². The number of para-hydroxylation sites is 2. The summed E-state index contributed by atoms with van der Waals surface area (Å²) in [6.45, 7) is 3.93. The number of nitrogens with zero attached hydrogens (tertiary/aromatic N) is 4. The first kappa shape index (κ1) is 16.3. The van der Waals surface area contributed by atoms with E-state index in [2.05, 4.69) is 20.4 Å². The SMILES string of the molecule is CC1=NO[C@@](C)(C(=O)NCc2cccnc2-n2cnc3ccccc32)C1. The van der Waals surface area contributed by atoms with Crippen molar-refractivity contribution in [2.45, 2.75) is 32.4 Å². The molecule has 4 rings (SSSR count).